The van der Waals surface area contributed by atoms with Crippen molar-refractivity contribution in [2.75, 3.05) is 12.4 Å². The normalized spacial score (nSPS) is 14.4. The first-order valence-electron chi connectivity index (χ1n) is 10.7. The molecular weight excluding hydrogens is 458 g/mol. The Morgan fingerprint density at radius 3 is 2.79 bits per heavy atom. The van der Waals surface area contributed by atoms with Crippen LogP contribution in [0.3, 0.4) is 0 Å². The van der Waals surface area contributed by atoms with Gasteiger partial charge in [0.1, 0.15) is 33.9 Å². The number of nitro groups is 1. The summed E-state index contributed by atoms with van der Waals surface area (Å²) in [7, 11) is 1.42. The molecule has 174 valence electrons. The number of nitrogens with one attached hydrogen (secondary N) is 1. The fraction of sp³-hybridized carbons (Fsp3) is 0.304. The average Bonchev–Trinajstić information content (AvgIpc) is 3.52. The van der Waals surface area contributed by atoms with Gasteiger partial charge < -0.3 is 9.15 Å². The van der Waals surface area contributed by atoms with Crippen molar-refractivity contribution in [3.05, 3.63) is 56.8 Å². The van der Waals surface area contributed by atoms with E-state index in [0.29, 0.717) is 16.8 Å². The molecule has 0 atom stereocenters. The van der Waals surface area contributed by atoms with Crippen molar-refractivity contribution < 1.29 is 18.9 Å². The zero-order valence-corrected chi connectivity index (χ0v) is 19.1. The largest absolute Gasteiger partial charge is 0.497 e. The molecular formula is C23H21N5O5S. The molecule has 0 bridgehead atoms. The van der Waals surface area contributed by atoms with Crippen LogP contribution in [0, 0.1) is 21.4 Å². The van der Waals surface area contributed by atoms with Crippen molar-refractivity contribution >= 4 is 34.1 Å². The zero-order chi connectivity index (χ0) is 24.1. The van der Waals surface area contributed by atoms with Crippen LogP contribution >= 0.6 is 11.3 Å². The van der Waals surface area contributed by atoms with E-state index in [2.05, 4.69) is 15.5 Å². The van der Waals surface area contributed by atoms with E-state index in [1.54, 1.807) is 6.07 Å². The van der Waals surface area contributed by atoms with Crippen molar-refractivity contribution in [3.8, 4) is 23.1 Å². The van der Waals surface area contributed by atoms with Gasteiger partial charge in [0.15, 0.2) is 0 Å². The number of hydrogen-bond donors (Lipinski definition) is 1. The SMILES string of the molecule is COc1ccc(-c2ccc(C=C(C#N)C(=O)Nc3nnc(C4CCCCC4)s3)o2)c([N+](=O)[O-])c1. The molecule has 0 unspecified atom stereocenters. The van der Waals surface area contributed by atoms with Gasteiger partial charge in [0.25, 0.3) is 11.6 Å². The van der Waals surface area contributed by atoms with E-state index in [1.807, 2.05) is 6.07 Å². The number of aromatic nitrogens is 2. The molecule has 0 radical (unpaired) electrons. The summed E-state index contributed by atoms with van der Waals surface area (Å²) in [6.07, 6.45) is 6.97. The topological polar surface area (TPSA) is 144 Å². The summed E-state index contributed by atoms with van der Waals surface area (Å²) in [6, 6.07) is 9.31. The highest BCUT2D eigenvalue weighted by molar-refractivity contribution is 7.15. The molecule has 0 aliphatic heterocycles. The van der Waals surface area contributed by atoms with E-state index in [-0.39, 0.29) is 28.3 Å². The van der Waals surface area contributed by atoms with Gasteiger partial charge >= 0.3 is 0 Å². The van der Waals surface area contributed by atoms with Gasteiger partial charge in [-0.05, 0) is 37.1 Å². The Labute approximate surface area is 199 Å². The fourth-order valence-corrected chi connectivity index (χ4v) is 4.74. The van der Waals surface area contributed by atoms with Gasteiger partial charge in [-0.3, -0.25) is 20.2 Å². The van der Waals surface area contributed by atoms with E-state index in [0.717, 1.165) is 30.7 Å². The summed E-state index contributed by atoms with van der Waals surface area (Å²) < 4.78 is 10.7. The number of carbonyl (C=O) groups excluding carboxylic acids is 1. The second kappa shape index (κ2) is 10.3. The molecule has 0 spiro atoms. The van der Waals surface area contributed by atoms with Crippen LogP contribution in [0.1, 0.15) is 48.8 Å². The molecule has 1 aliphatic carbocycles. The number of rotatable bonds is 7. The Kier molecular flexibility index (Phi) is 6.98. The Morgan fingerprint density at radius 1 is 1.29 bits per heavy atom. The Balaban J connectivity index is 1.51. The van der Waals surface area contributed by atoms with Crippen LogP contribution in [0.2, 0.25) is 0 Å². The number of methoxy groups -OCH3 is 1. The van der Waals surface area contributed by atoms with Gasteiger partial charge in [0.05, 0.1) is 23.7 Å². The molecule has 4 rings (SSSR count). The van der Waals surface area contributed by atoms with Crippen molar-refractivity contribution in [3.63, 3.8) is 0 Å². The van der Waals surface area contributed by atoms with Gasteiger partial charge in [-0.15, -0.1) is 10.2 Å². The van der Waals surface area contributed by atoms with Gasteiger partial charge in [0.2, 0.25) is 5.13 Å². The second-order valence-electron chi connectivity index (χ2n) is 7.75. The minimum atomic E-state index is -0.637. The molecule has 10 nitrogen and oxygen atoms in total. The first-order valence-corrected chi connectivity index (χ1v) is 11.5. The summed E-state index contributed by atoms with van der Waals surface area (Å²) in [6.45, 7) is 0. The average molecular weight is 480 g/mol. The number of carbonyl (C=O) groups is 1. The van der Waals surface area contributed by atoms with E-state index >= 15 is 0 Å². The lowest BCUT2D eigenvalue weighted by Crippen LogP contribution is -2.13. The highest BCUT2D eigenvalue weighted by atomic mass is 32.1. The summed E-state index contributed by atoms with van der Waals surface area (Å²) in [5, 5.41) is 33.0. The summed E-state index contributed by atoms with van der Waals surface area (Å²) >= 11 is 1.32. The first-order chi connectivity index (χ1) is 16.5. The van der Waals surface area contributed by atoms with Gasteiger partial charge in [-0.2, -0.15) is 5.26 Å². The Hall–Kier alpha value is -4.04. The number of furan rings is 1. The molecule has 0 saturated heterocycles. The van der Waals surface area contributed by atoms with Crippen LogP contribution < -0.4 is 10.1 Å². The number of nitrogens with zero attached hydrogens (tertiary/aromatic N) is 4. The molecule has 11 heteroatoms. The molecule has 1 saturated carbocycles. The number of nitriles is 1. The second-order valence-corrected chi connectivity index (χ2v) is 8.76. The van der Waals surface area contributed by atoms with E-state index in [1.165, 1.54) is 55.2 Å². The molecule has 34 heavy (non-hydrogen) atoms. The smallest absolute Gasteiger partial charge is 0.284 e. The molecule has 1 aliphatic rings. The summed E-state index contributed by atoms with van der Waals surface area (Å²) in [4.78, 5) is 23.5. The highest BCUT2D eigenvalue weighted by Crippen LogP contribution is 2.36. The number of hydrogen-bond acceptors (Lipinski definition) is 9. The first kappa shape index (κ1) is 23.1. The maximum atomic E-state index is 12.6. The van der Waals surface area contributed by atoms with Crippen LogP contribution in [-0.4, -0.2) is 28.1 Å². The third-order valence-corrected chi connectivity index (χ3v) is 6.56. The van der Waals surface area contributed by atoms with Crippen LogP contribution in [0.15, 0.2) is 40.3 Å². The predicted molar refractivity (Wildman–Crippen MR) is 125 cm³/mol. The number of amides is 1. The number of benzene rings is 1. The monoisotopic (exact) mass is 479 g/mol. The molecule has 1 aromatic carbocycles. The van der Waals surface area contributed by atoms with E-state index in [9.17, 15) is 20.2 Å². The number of ether oxygens (including phenoxy) is 1. The van der Waals surface area contributed by atoms with Gasteiger partial charge in [-0.1, -0.05) is 30.6 Å². The highest BCUT2D eigenvalue weighted by Gasteiger charge is 2.22. The maximum absolute atomic E-state index is 12.6. The Morgan fingerprint density at radius 2 is 2.09 bits per heavy atom. The summed E-state index contributed by atoms with van der Waals surface area (Å²) in [5.74, 6) is 0.495. The Bertz CT molecular complexity index is 1280. The minimum Gasteiger partial charge on any atom is -0.497 e. The summed E-state index contributed by atoms with van der Waals surface area (Å²) in [5.41, 5.74) is -0.135. The van der Waals surface area contributed by atoms with Crippen molar-refractivity contribution in [2.24, 2.45) is 0 Å². The van der Waals surface area contributed by atoms with Gasteiger partial charge in [-0.25, -0.2) is 0 Å². The van der Waals surface area contributed by atoms with Crippen molar-refractivity contribution in [2.45, 2.75) is 38.0 Å². The zero-order valence-electron chi connectivity index (χ0n) is 18.3. The molecule has 1 amide bonds. The standard InChI is InChI=1S/C23H21N5O5S/c1-32-16-7-9-18(19(12-16)28(30)31)20-10-8-17(33-20)11-15(13-24)21(29)25-23-27-26-22(34-23)14-5-3-2-4-6-14/h7-12,14H,2-6H2,1H3,(H,25,27,29). The molecule has 2 aromatic heterocycles. The molecule has 1 fully saturated rings. The molecule has 1 N–H and O–H groups in total. The lowest BCUT2D eigenvalue weighted by Gasteiger charge is -2.18. The molecule has 3 aromatic rings. The predicted octanol–water partition coefficient (Wildman–Crippen LogP) is 5.31. The number of nitro benzene ring substituents is 1. The molecule has 2 heterocycles. The van der Waals surface area contributed by atoms with Crippen LogP contribution in [0.4, 0.5) is 10.8 Å². The fourth-order valence-electron chi connectivity index (χ4n) is 3.83. The minimum absolute atomic E-state index is 0.187. The maximum Gasteiger partial charge on any atom is 0.284 e. The van der Waals surface area contributed by atoms with Crippen molar-refractivity contribution in [1.29, 1.82) is 5.26 Å². The van der Waals surface area contributed by atoms with E-state index < -0.39 is 10.8 Å². The number of anilines is 1. The van der Waals surface area contributed by atoms with Crippen molar-refractivity contribution in [1.82, 2.24) is 10.2 Å². The van der Waals surface area contributed by atoms with Crippen LogP contribution in [0.5, 0.6) is 5.75 Å². The van der Waals surface area contributed by atoms with Crippen LogP contribution in [0.25, 0.3) is 17.4 Å². The van der Waals surface area contributed by atoms with Crippen LogP contribution in [-0.2, 0) is 4.79 Å². The lowest BCUT2D eigenvalue weighted by atomic mass is 9.90. The third-order valence-electron chi connectivity index (χ3n) is 5.56. The quantitative estimate of drug-likeness (QED) is 0.208. The van der Waals surface area contributed by atoms with E-state index in [4.69, 9.17) is 9.15 Å². The third kappa shape index (κ3) is 5.13. The lowest BCUT2D eigenvalue weighted by molar-refractivity contribution is -0.384. The van der Waals surface area contributed by atoms with Gasteiger partial charge in [0, 0.05) is 12.0 Å².